The van der Waals surface area contributed by atoms with E-state index in [4.69, 9.17) is 5.73 Å². The number of nitrogens with two attached hydrogens (primary N) is 1. The molecule has 2 nitrogen and oxygen atoms in total. The van der Waals surface area contributed by atoms with Crippen LogP contribution in [0.25, 0.3) is 0 Å². The predicted octanol–water partition coefficient (Wildman–Crippen LogP) is 0.501. The minimum absolute atomic E-state index is 0.732. The van der Waals surface area contributed by atoms with Crippen LogP contribution in [-0.4, -0.2) is 19.6 Å². The normalized spacial score (nSPS) is 10.9. The highest BCUT2D eigenvalue weighted by Gasteiger charge is 1.79. The minimum atomic E-state index is 0.732. The van der Waals surface area contributed by atoms with E-state index in [1.165, 1.54) is 0 Å². The Bertz CT molecular complexity index is 69.3. The van der Waals surface area contributed by atoms with Gasteiger partial charge in [0.2, 0.25) is 0 Å². The highest BCUT2D eigenvalue weighted by atomic mass is 14.9. The zero-order valence-electron chi connectivity index (χ0n) is 6.06. The second kappa shape index (κ2) is 7.66. The van der Waals surface area contributed by atoms with Crippen LogP contribution < -0.4 is 11.1 Å². The topological polar surface area (TPSA) is 38.0 Å². The van der Waals surface area contributed by atoms with Gasteiger partial charge in [0.1, 0.15) is 0 Å². The molecule has 0 aromatic carbocycles. The van der Waals surface area contributed by atoms with E-state index in [2.05, 4.69) is 17.5 Å². The van der Waals surface area contributed by atoms with Crippen molar-refractivity contribution < 1.29 is 0 Å². The van der Waals surface area contributed by atoms with E-state index >= 15 is 0 Å². The second-order valence-electron chi connectivity index (χ2n) is 1.90. The molecule has 54 valence electrons. The molecule has 0 bridgehead atoms. The molecule has 0 heterocycles. The van der Waals surface area contributed by atoms with Crippen molar-refractivity contribution in [3.63, 3.8) is 0 Å². The maximum absolute atomic E-state index is 5.26. The summed E-state index contributed by atoms with van der Waals surface area (Å²) in [6.45, 7) is 4.73. The minimum Gasteiger partial charge on any atom is -0.329 e. The SMILES string of the molecule is C/C=C/CCNCCN. The first-order valence-electron chi connectivity index (χ1n) is 3.43. The van der Waals surface area contributed by atoms with E-state index in [9.17, 15) is 0 Å². The molecule has 0 unspecified atom stereocenters. The number of allylic oxidation sites excluding steroid dienone is 1. The van der Waals surface area contributed by atoms with Gasteiger partial charge in [-0.3, -0.25) is 0 Å². The lowest BCUT2D eigenvalue weighted by atomic mass is 10.4. The third-order valence-electron chi connectivity index (χ3n) is 1.04. The fourth-order valence-electron chi connectivity index (χ4n) is 0.579. The third-order valence-corrected chi connectivity index (χ3v) is 1.04. The monoisotopic (exact) mass is 128 g/mol. The van der Waals surface area contributed by atoms with E-state index < -0.39 is 0 Å². The lowest BCUT2D eigenvalue weighted by Gasteiger charge is -1.97. The first-order chi connectivity index (χ1) is 4.41. The molecule has 0 aliphatic carbocycles. The van der Waals surface area contributed by atoms with Crippen LogP contribution in [0.2, 0.25) is 0 Å². The van der Waals surface area contributed by atoms with Gasteiger partial charge in [-0.2, -0.15) is 0 Å². The second-order valence-corrected chi connectivity index (χ2v) is 1.90. The number of hydrogen-bond donors (Lipinski definition) is 2. The van der Waals surface area contributed by atoms with Crippen molar-refractivity contribution in [2.75, 3.05) is 19.6 Å². The van der Waals surface area contributed by atoms with Crippen molar-refractivity contribution >= 4 is 0 Å². The Morgan fingerprint density at radius 3 is 2.78 bits per heavy atom. The summed E-state index contributed by atoms with van der Waals surface area (Å²) < 4.78 is 0. The number of nitrogens with one attached hydrogen (secondary N) is 1. The summed E-state index contributed by atoms with van der Waals surface area (Å²) in [7, 11) is 0. The molecule has 0 aliphatic heterocycles. The van der Waals surface area contributed by atoms with E-state index in [0.29, 0.717) is 0 Å². The molecule has 9 heavy (non-hydrogen) atoms. The molecular weight excluding hydrogens is 112 g/mol. The van der Waals surface area contributed by atoms with Gasteiger partial charge >= 0.3 is 0 Å². The lowest BCUT2D eigenvalue weighted by Crippen LogP contribution is -2.22. The molecular formula is C7H16N2. The van der Waals surface area contributed by atoms with Crippen LogP contribution in [0.4, 0.5) is 0 Å². The number of rotatable bonds is 5. The fourth-order valence-corrected chi connectivity index (χ4v) is 0.579. The summed E-state index contributed by atoms with van der Waals surface area (Å²) >= 11 is 0. The Labute approximate surface area is 57.1 Å². The molecule has 0 atom stereocenters. The van der Waals surface area contributed by atoms with E-state index in [0.717, 1.165) is 26.1 Å². The Balaban J connectivity index is 2.75. The van der Waals surface area contributed by atoms with E-state index in [-0.39, 0.29) is 0 Å². The average Bonchev–Trinajstić information content (AvgIpc) is 1.89. The first-order valence-corrected chi connectivity index (χ1v) is 3.43. The Hall–Kier alpha value is -0.340. The molecule has 0 radical (unpaired) electrons. The standard InChI is InChI=1S/C7H16N2/c1-2-3-4-6-9-7-5-8/h2-3,9H,4-8H2,1H3/b3-2+. The quantitative estimate of drug-likeness (QED) is 0.418. The molecule has 0 aromatic rings. The molecule has 0 saturated heterocycles. The summed E-state index contributed by atoms with van der Waals surface area (Å²) in [6, 6.07) is 0. The summed E-state index contributed by atoms with van der Waals surface area (Å²) in [5.41, 5.74) is 5.26. The Kier molecular flexibility index (Phi) is 7.37. The van der Waals surface area contributed by atoms with Crippen LogP contribution >= 0.6 is 0 Å². The molecule has 0 rings (SSSR count). The van der Waals surface area contributed by atoms with E-state index in [1.54, 1.807) is 0 Å². The third kappa shape index (κ3) is 7.66. The molecule has 0 amide bonds. The average molecular weight is 128 g/mol. The molecule has 2 heteroatoms. The van der Waals surface area contributed by atoms with Crippen molar-refractivity contribution in [1.82, 2.24) is 5.32 Å². The van der Waals surface area contributed by atoms with Crippen LogP contribution in [0.5, 0.6) is 0 Å². The van der Waals surface area contributed by atoms with Crippen molar-refractivity contribution in [3.05, 3.63) is 12.2 Å². The van der Waals surface area contributed by atoms with Gasteiger partial charge < -0.3 is 11.1 Å². The largest absolute Gasteiger partial charge is 0.329 e. The maximum atomic E-state index is 5.26. The van der Waals surface area contributed by atoms with Crippen LogP contribution in [0.3, 0.4) is 0 Å². The van der Waals surface area contributed by atoms with Crippen molar-refractivity contribution in [2.45, 2.75) is 13.3 Å². The van der Waals surface area contributed by atoms with Gasteiger partial charge in [0, 0.05) is 13.1 Å². The number of hydrogen-bond acceptors (Lipinski definition) is 2. The van der Waals surface area contributed by atoms with Crippen LogP contribution in [0.15, 0.2) is 12.2 Å². The Morgan fingerprint density at radius 2 is 2.22 bits per heavy atom. The molecule has 0 aromatic heterocycles. The molecule has 0 spiro atoms. The summed E-state index contributed by atoms with van der Waals surface area (Å²) in [4.78, 5) is 0. The molecule has 3 N–H and O–H groups in total. The van der Waals surface area contributed by atoms with Gasteiger partial charge in [-0.15, -0.1) is 0 Å². The van der Waals surface area contributed by atoms with Crippen LogP contribution in [-0.2, 0) is 0 Å². The summed E-state index contributed by atoms with van der Waals surface area (Å²) in [5, 5.41) is 3.19. The van der Waals surface area contributed by atoms with Gasteiger partial charge in [0.05, 0.1) is 0 Å². The lowest BCUT2D eigenvalue weighted by molar-refractivity contribution is 0.696. The van der Waals surface area contributed by atoms with Crippen LogP contribution in [0, 0.1) is 0 Å². The molecule has 0 saturated carbocycles. The van der Waals surface area contributed by atoms with Gasteiger partial charge in [-0.1, -0.05) is 12.2 Å². The first kappa shape index (κ1) is 8.66. The zero-order chi connectivity index (χ0) is 6.95. The summed E-state index contributed by atoms with van der Waals surface area (Å²) in [5.74, 6) is 0. The zero-order valence-corrected chi connectivity index (χ0v) is 6.06. The van der Waals surface area contributed by atoms with Crippen molar-refractivity contribution in [1.29, 1.82) is 0 Å². The summed E-state index contributed by atoms with van der Waals surface area (Å²) in [6.07, 6.45) is 5.31. The van der Waals surface area contributed by atoms with Crippen molar-refractivity contribution in [2.24, 2.45) is 5.73 Å². The highest BCUT2D eigenvalue weighted by molar-refractivity contribution is 4.77. The van der Waals surface area contributed by atoms with E-state index in [1.807, 2.05) is 6.92 Å². The van der Waals surface area contributed by atoms with Gasteiger partial charge in [0.25, 0.3) is 0 Å². The molecule has 0 fully saturated rings. The van der Waals surface area contributed by atoms with Gasteiger partial charge in [-0.05, 0) is 19.9 Å². The molecule has 0 aliphatic rings. The Morgan fingerprint density at radius 1 is 1.44 bits per heavy atom. The fraction of sp³-hybridized carbons (Fsp3) is 0.714. The predicted molar refractivity (Wildman–Crippen MR) is 41.4 cm³/mol. The van der Waals surface area contributed by atoms with Gasteiger partial charge in [-0.25, -0.2) is 0 Å². The van der Waals surface area contributed by atoms with Gasteiger partial charge in [0.15, 0.2) is 0 Å². The highest BCUT2D eigenvalue weighted by Crippen LogP contribution is 1.77. The van der Waals surface area contributed by atoms with Crippen LogP contribution in [0.1, 0.15) is 13.3 Å². The maximum Gasteiger partial charge on any atom is 0.00746 e. The van der Waals surface area contributed by atoms with Crippen molar-refractivity contribution in [3.8, 4) is 0 Å². The smallest absolute Gasteiger partial charge is 0.00746 e.